The van der Waals surface area contributed by atoms with Crippen LogP contribution in [0.2, 0.25) is 0 Å². The first-order chi connectivity index (χ1) is 11.3. The highest BCUT2D eigenvalue weighted by atomic mass is 19.4. The van der Waals surface area contributed by atoms with Crippen molar-refractivity contribution in [2.24, 2.45) is 0 Å². The Bertz CT molecular complexity index is 738. The summed E-state index contributed by atoms with van der Waals surface area (Å²) in [4.78, 5) is 16.6. The second-order valence-corrected chi connectivity index (χ2v) is 5.40. The van der Waals surface area contributed by atoms with Crippen molar-refractivity contribution in [3.05, 3.63) is 36.2 Å². The summed E-state index contributed by atoms with van der Waals surface area (Å²) in [5, 5.41) is 0. The minimum Gasteiger partial charge on any atom is -0.466 e. The van der Waals surface area contributed by atoms with Crippen LogP contribution in [0, 0.1) is 0 Å². The summed E-state index contributed by atoms with van der Waals surface area (Å²) in [6.45, 7) is -0.280. The van der Waals surface area contributed by atoms with E-state index < -0.39 is 18.7 Å². The first-order valence-corrected chi connectivity index (χ1v) is 7.25. The highest BCUT2D eigenvalue weighted by molar-refractivity contribution is 5.88. The normalized spacial score (nSPS) is 12.4. The van der Waals surface area contributed by atoms with E-state index in [4.69, 9.17) is 0 Å². The van der Waals surface area contributed by atoms with Gasteiger partial charge in [-0.15, -0.1) is 0 Å². The number of carbonyl (C=O) groups excluding carboxylic acids is 1. The van der Waals surface area contributed by atoms with E-state index in [-0.39, 0.29) is 6.54 Å². The van der Waals surface area contributed by atoms with E-state index >= 15 is 0 Å². The van der Waals surface area contributed by atoms with Gasteiger partial charge in [0.1, 0.15) is 0 Å². The summed E-state index contributed by atoms with van der Waals surface area (Å²) in [5.74, 6) is -0.451. The molecule has 1 heterocycles. The number of fused-ring (bicyclic) bond motifs is 1. The fraction of sp³-hybridized carbons (Fsp3) is 0.375. The Morgan fingerprint density at radius 2 is 2.17 bits per heavy atom. The molecular formula is C16H18F3N3O2. The lowest BCUT2D eigenvalue weighted by Crippen LogP contribution is -2.33. The lowest BCUT2D eigenvalue weighted by molar-refractivity contribution is -0.143. The molecule has 0 aliphatic rings. The van der Waals surface area contributed by atoms with Crippen LogP contribution in [0.5, 0.6) is 0 Å². The SMILES string of the molecule is COC(=O)/C=C/c1ccc2c(c1)ncn2CCN(C)CC(F)(F)F. The number of ether oxygens (including phenoxy) is 1. The van der Waals surface area contributed by atoms with Gasteiger partial charge in [0, 0.05) is 19.2 Å². The van der Waals surface area contributed by atoms with Crippen molar-refractivity contribution in [1.82, 2.24) is 14.5 Å². The zero-order valence-electron chi connectivity index (χ0n) is 13.4. The molecule has 130 valence electrons. The second-order valence-electron chi connectivity index (χ2n) is 5.40. The fourth-order valence-corrected chi connectivity index (χ4v) is 2.26. The summed E-state index contributed by atoms with van der Waals surface area (Å²) in [6.07, 6.45) is 0.318. The largest absolute Gasteiger partial charge is 0.466 e. The number of rotatable bonds is 6. The lowest BCUT2D eigenvalue weighted by Gasteiger charge is -2.18. The molecule has 0 saturated carbocycles. The number of esters is 1. The summed E-state index contributed by atoms with van der Waals surface area (Å²) >= 11 is 0. The Kier molecular flexibility index (Phi) is 5.61. The molecule has 0 N–H and O–H groups in total. The predicted molar refractivity (Wildman–Crippen MR) is 84.3 cm³/mol. The van der Waals surface area contributed by atoms with Crippen molar-refractivity contribution in [2.75, 3.05) is 27.2 Å². The van der Waals surface area contributed by atoms with Crippen LogP contribution in [0.4, 0.5) is 13.2 Å². The molecule has 1 aromatic carbocycles. The molecule has 1 aromatic heterocycles. The van der Waals surface area contributed by atoms with Crippen LogP contribution >= 0.6 is 0 Å². The van der Waals surface area contributed by atoms with Crippen molar-refractivity contribution in [1.29, 1.82) is 0 Å². The highest BCUT2D eigenvalue weighted by Crippen LogP contribution is 2.17. The van der Waals surface area contributed by atoms with Gasteiger partial charge < -0.3 is 9.30 Å². The number of imidazole rings is 1. The Balaban J connectivity index is 2.05. The van der Waals surface area contributed by atoms with Crippen LogP contribution in [0.25, 0.3) is 17.1 Å². The molecule has 0 aliphatic carbocycles. The highest BCUT2D eigenvalue weighted by Gasteiger charge is 2.28. The van der Waals surface area contributed by atoms with Gasteiger partial charge in [-0.2, -0.15) is 13.2 Å². The molecule has 0 saturated heterocycles. The first-order valence-electron chi connectivity index (χ1n) is 7.25. The van der Waals surface area contributed by atoms with E-state index in [0.29, 0.717) is 12.1 Å². The number of likely N-dealkylation sites (N-methyl/N-ethyl adjacent to an activating group) is 1. The molecule has 0 unspecified atom stereocenters. The third-order valence-electron chi connectivity index (χ3n) is 3.43. The maximum Gasteiger partial charge on any atom is 0.401 e. The monoisotopic (exact) mass is 341 g/mol. The molecule has 0 amide bonds. The van der Waals surface area contributed by atoms with Crippen molar-refractivity contribution >= 4 is 23.1 Å². The Morgan fingerprint density at radius 3 is 2.83 bits per heavy atom. The van der Waals surface area contributed by atoms with E-state index in [1.54, 1.807) is 29.1 Å². The van der Waals surface area contributed by atoms with Gasteiger partial charge in [0.15, 0.2) is 0 Å². The number of alkyl halides is 3. The number of hydrogen-bond donors (Lipinski definition) is 0. The number of carbonyl (C=O) groups is 1. The molecule has 0 fully saturated rings. The van der Waals surface area contributed by atoms with E-state index in [1.165, 1.54) is 25.1 Å². The Hall–Kier alpha value is -2.35. The first kappa shape index (κ1) is 18.0. The quantitative estimate of drug-likeness (QED) is 0.599. The maximum atomic E-state index is 12.3. The molecule has 5 nitrogen and oxygen atoms in total. The fourth-order valence-electron chi connectivity index (χ4n) is 2.26. The number of nitrogens with zero attached hydrogens (tertiary/aromatic N) is 3. The van der Waals surface area contributed by atoms with Gasteiger partial charge in [-0.3, -0.25) is 4.90 Å². The number of benzene rings is 1. The number of aromatic nitrogens is 2. The molecule has 24 heavy (non-hydrogen) atoms. The van der Waals surface area contributed by atoms with Crippen LogP contribution in [0.1, 0.15) is 5.56 Å². The van der Waals surface area contributed by atoms with Gasteiger partial charge in [0.2, 0.25) is 0 Å². The Labute approximate surface area is 137 Å². The molecule has 2 rings (SSSR count). The minimum atomic E-state index is -4.20. The summed E-state index contributed by atoms with van der Waals surface area (Å²) in [7, 11) is 2.73. The van der Waals surface area contributed by atoms with Gasteiger partial charge in [0.25, 0.3) is 0 Å². The van der Waals surface area contributed by atoms with E-state index in [0.717, 1.165) is 11.1 Å². The summed E-state index contributed by atoms with van der Waals surface area (Å²) in [5.41, 5.74) is 2.32. The number of methoxy groups -OCH3 is 1. The van der Waals surface area contributed by atoms with Crippen LogP contribution in [0.3, 0.4) is 0 Å². The van der Waals surface area contributed by atoms with Crippen molar-refractivity contribution < 1.29 is 22.7 Å². The zero-order valence-corrected chi connectivity index (χ0v) is 13.4. The zero-order chi connectivity index (χ0) is 17.7. The summed E-state index contributed by atoms with van der Waals surface area (Å²) < 4.78 is 43.3. The number of halogens is 3. The molecule has 0 radical (unpaired) electrons. The third kappa shape index (κ3) is 5.09. The molecule has 0 aliphatic heterocycles. The maximum absolute atomic E-state index is 12.3. The van der Waals surface area contributed by atoms with Crippen LogP contribution in [0.15, 0.2) is 30.6 Å². The van der Waals surface area contributed by atoms with Crippen molar-refractivity contribution in [3.8, 4) is 0 Å². The molecule has 0 spiro atoms. The predicted octanol–water partition coefficient (Wildman–Crippen LogP) is 2.72. The van der Waals surface area contributed by atoms with E-state index in [9.17, 15) is 18.0 Å². The summed E-state index contributed by atoms with van der Waals surface area (Å²) in [6, 6.07) is 5.42. The third-order valence-corrected chi connectivity index (χ3v) is 3.43. The average Bonchev–Trinajstić information content (AvgIpc) is 2.91. The van der Waals surface area contributed by atoms with Gasteiger partial charge in [-0.05, 0) is 30.8 Å². The van der Waals surface area contributed by atoms with Gasteiger partial charge in [0.05, 0.1) is 31.0 Å². The lowest BCUT2D eigenvalue weighted by atomic mass is 10.2. The van der Waals surface area contributed by atoms with Crippen LogP contribution < -0.4 is 0 Å². The second kappa shape index (κ2) is 7.48. The van der Waals surface area contributed by atoms with Crippen LogP contribution in [-0.4, -0.2) is 53.8 Å². The molecule has 2 aromatic rings. The van der Waals surface area contributed by atoms with E-state index in [2.05, 4.69) is 9.72 Å². The molecule has 0 bridgehead atoms. The van der Waals surface area contributed by atoms with Crippen molar-refractivity contribution in [2.45, 2.75) is 12.7 Å². The molecule has 8 heteroatoms. The van der Waals surface area contributed by atoms with Crippen molar-refractivity contribution in [3.63, 3.8) is 0 Å². The standard InChI is InChI=1S/C16H18F3N3O2/c1-21(10-16(17,18)19)7-8-22-11-20-13-9-12(3-5-14(13)22)4-6-15(23)24-2/h3-6,9,11H,7-8,10H2,1-2H3/b6-4+. The molecular weight excluding hydrogens is 323 g/mol. The number of hydrogen-bond acceptors (Lipinski definition) is 4. The molecule has 0 atom stereocenters. The van der Waals surface area contributed by atoms with Gasteiger partial charge in [-0.25, -0.2) is 9.78 Å². The topological polar surface area (TPSA) is 47.4 Å². The average molecular weight is 341 g/mol. The minimum absolute atomic E-state index is 0.259. The van der Waals surface area contributed by atoms with Gasteiger partial charge in [-0.1, -0.05) is 6.07 Å². The van der Waals surface area contributed by atoms with Crippen LogP contribution in [-0.2, 0) is 16.1 Å². The smallest absolute Gasteiger partial charge is 0.401 e. The Morgan fingerprint density at radius 1 is 1.42 bits per heavy atom. The van der Waals surface area contributed by atoms with Gasteiger partial charge >= 0.3 is 12.1 Å². The van der Waals surface area contributed by atoms with E-state index in [1.807, 2.05) is 6.07 Å².